The number of phenolic OH excluding ortho intramolecular Hbond substituents is 1. The van der Waals surface area contributed by atoms with Crippen LogP contribution in [0.2, 0.25) is 0 Å². The molecule has 2 aromatic rings. The van der Waals surface area contributed by atoms with Gasteiger partial charge in [-0.05, 0) is 11.5 Å². The molecular formula is C13H14CrO4. The molecule has 1 N–H and O–H groups in total. The first kappa shape index (κ1) is 21.3. The van der Waals surface area contributed by atoms with Crippen molar-refractivity contribution in [3.63, 3.8) is 0 Å². The second kappa shape index (κ2) is 15.0. The van der Waals surface area contributed by atoms with Crippen LogP contribution >= 0.6 is 0 Å². The summed E-state index contributed by atoms with van der Waals surface area (Å²) < 4.78 is 0. The molecule has 0 aliphatic carbocycles. The molecule has 96 valence electrons. The molecule has 0 saturated heterocycles. The molecule has 4 nitrogen and oxygen atoms in total. The zero-order valence-corrected chi connectivity index (χ0v) is 11.0. The van der Waals surface area contributed by atoms with Gasteiger partial charge in [0.05, 0.1) is 0 Å². The summed E-state index contributed by atoms with van der Waals surface area (Å²) >= 11 is 0. The fourth-order valence-corrected chi connectivity index (χ4v) is 1.21. The molecule has 0 spiro atoms. The topological polar surface area (TPSA) is 71.4 Å². The van der Waals surface area contributed by atoms with Gasteiger partial charge in [-0.1, -0.05) is 36.4 Å². The quantitative estimate of drug-likeness (QED) is 0.804. The van der Waals surface area contributed by atoms with Gasteiger partial charge in [-0.2, -0.15) is 0 Å². The van der Waals surface area contributed by atoms with E-state index in [1.807, 2.05) is 56.8 Å². The van der Waals surface area contributed by atoms with Crippen LogP contribution in [0.3, 0.4) is 0 Å². The minimum Gasteiger partial charge on any atom is -0.507 e. The number of benzene rings is 2. The van der Waals surface area contributed by atoms with Crippen molar-refractivity contribution < 1.29 is 36.9 Å². The Bertz CT molecular complexity index is 424. The maximum absolute atomic E-state index is 9.37. The van der Waals surface area contributed by atoms with Crippen LogP contribution in [0, 0.1) is 0 Å². The van der Waals surface area contributed by atoms with Gasteiger partial charge in [-0.15, -0.1) is 0 Å². The number of phenols is 1. The van der Waals surface area contributed by atoms with Gasteiger partial charge < -0.3 is 19.5 Å². The van der Waals surface area contributed by atoms with Crippen molar-refractivity contribution in [3.05, 3.63) is 42.5 Å². The van der Waals surface area contributed by atoms with Gasteiger partial charge in [0, 0.05) is 22.7 Å². The Morgan fingerprint density at radius 1 is 0.722 bits per heavy atom. The predicted octanol–water partition coefficient (Wildman–Crippen LogP) is 1.99. The molecule has 0 amide bonds. The SMILES string of the molecule is C=O.C=O.C=O.Oc1cccc2ccccc12.[Cr]. The van der Waals surface area contributed by atoms with E-state index in [-0.39, 0.29) is 17.4 Å². The average molecular weight is 286 g/mol. The minimum atomic E-state index is 0. The monoisotopic (exact) mass is 286 g/mol. The molecule has 0 aliphatic heterocycles. The van der Waals surface area contributed by atoms with Gasteiger partial charge in [-0.25, -0.2) is 0 Å². The van der Waals surface area contributed by atoms with Gasteiger partial charge in [-0.3, -0.25) is 0 Å². The largest absolute Gasteiger partial charge is 0.507 e. The van der Waals surface area contributed by atoms with Crippen LogP contribution in [0.5, 0.6) is 5.75 Å². The van der Waals surface area contributed by atoms with E-state index in [1.54, 1.807) is 6.07 Å². The Morgan fingerprint density at radius 2 is 1.17 bits per heavy atom. The van der Waals surface area contributed by atoms with E-state index in [0.717, 1.165) is 10.8 Å². The molecule has 5 heteroatoms. The van der Waals surface area contributed by atoms with Crippen LogP contribution in [-0.4, -0.2) is 25.5 Å². The smallest absolute Gasteiger partial charge is 0.123 e. The standard InChI is InChI=1S/C10H8O.3CH2O.Cr/c11-10-7-3-5-8-4-1-2-6-9(8)10;3*1-2;/h1-7,11H;3*1H2;. The molecule has 18 heavy (non-hydrogen) atoms. The van der Waals surface area contributed by atoms with Crippen molar-refractivity contribution in [2.24, 2.45) is 0 Å². The second-order valence-corrected chi connectivity index (χ2v) is 2.50. The van der Waals surface area contributed by atoms with Crippen molar-refractivity contribution in [2.75, 3.05) is 0 Å². The number of fused-ring (bicyclic) bond motifs is 1. The average Bonchev–Trinajstić information content (AvgIpc) is 2.46. The molecule has 0 heterocycles. The maximum atomic E-state index is 9.37. The van der Waals surface area contributed by atoms with Crippen molar-refractivity contribution in [1.29, 1.82) is 0 Å². The maximum Gasteiger partial charge on any atom is 0.123 e. The number of hydrogen-bond acceptors (Lipinski definition) is 4. The van der Waals surface area contributed by atoms with Gasteiger partial charge in [0.25, 0.3) is 0 Å². The molecular weight excluding hydrogens is 272 g/mol. The molecule has 2 aromatic carbocycles. The third kappa shape index (κ3) is 6.59. The molecule has 0 saturated carbocycles. The number of aromatic hydroxyl groups is 1. The van der Waals surface area contributed by atoms with Gasteiger partial charge in [0.1, 0.15) is 26.1 Å². The summed E-state index contributed by atoms with van der Waals surface area (Å²) in [5.74, 6) is 0.350. The third-order valence-electron chi connectivity index (χ3n) is 1.77. The second-order valence-electron chi connectivity index (χ2n) is 2.50. The van der Waals surface area contributed by atoms with Crippen LogP contribution in [-0.2, 0) is 31.7 Å². The number of hydrogen-bond donors (Lipinski definition) is 1. The summed E-state index contributed by atoms with van der Waals surface area (Å²) in [7, 11) is 0. The zero-order valence-electron chi connectivity index (χ0n) is 9.74. The number of rotatable bonds is 0. The Kier molecular flexibility index (Phi) is 17.8. The summed E-state index contributed by atoms with van der Waals surface area (Å²) in [5.41, 5.74) is 0. The van der Waals surface area contributed by atoms with Crippen LogP contribution < -0.4 is 0 Å². The van der Waals surface area contributed by atoms with Crippen LogP contribution in [0.4, 0.5) is 0 Å². The van der Waals surface area contributed by atoms with Crippen molar-refractivity contribution >= 4 is 31.1 Å². The Morgan fingerprint density at radius 3 is 1.67 bits per heavy atom. The Hall–Kier alpha value is -1.96. The zero-order chi connectivity index (χ0) is 13.7. The Labute approximate surface area is 116 Å². The summed E-state index contributed by atoms with van der Waals surface area (Å²) in [6.07, 6.45) is 0. The number of carbonyl (C=O) groups is 3. The van der Waals surface area contributed by atoms with Crippen LogP contribution in [0.1, 0.15) is 0 Å². The van der Waals surface area contributed by atoms with E-state index >= 15 is 0 Å². The first-order chi connectivity index (χ1) is 8.38. The van der Waals surface area contributed by atoms with E-state index in [9.17, 15) is 5.11 Å². The van der Waals surface area contributed by atoms with Crippen LogP contribution in [0.25, 0.3) is 10.8 Å². The Balaban J connectivity index is -0.000000285. The fourth-order valence-electron chi connectivity index (χ4n) is 1.21. The van der Waals surface area contributed by atoms with E-state index < -0.39 is 0 Å². The van der Waals surface area contributed by atoms with E-state index in [2.05, 4.69) is 0 Å². The van der Waals surface area contributed by atoms with Crippen molar-refractivity contribution in [1.82, 2.24) is 0 Å². The molecule has 0 radical (unpaired) electrons. The summed E-state index contributed by atoms with van der Waals surface area (Å²) in [6.45, 7) is 6.00. The summed E-state index contributed by atoms with van der Waals surface area (Å²) in [5, 5.41) is 11.4. The molecule has 0 aromatic heterocycles. The molecule has 0 fully saturated rings. The molecule has 0 bridgehead atoms. The first-order valence-corrected chi connectivity index (χ1v) is 4.41. The summed E-state index contributed by atoms with van der Waals surface area (Å²) in [4.78, 5) is 24.0. The summed E-state index contributed by atoms with van der Waals surface area (Å²) in [6, 6.07) is 13.3. The fraction of sp³-hybridized carbons (Fsp3) is 0. The third-order valence-corrected chi connectivity index (χ3v) is 1.77. The normalized spacial score (nSPS) is 6.89. The van der Waals surface area contributed by atoms with E-state index in [4.69, 9.17) is 14.4 Å². The van der Waals surface area contributed by atoms with E-state index in [0.29, 0.717) is 5.75 Å². The molecule has 0 unspecified atom stereocenters. The van der Waals surface area contributed by atoms with Crippen molar-refractivity contribution in [2.45, 2.75) is 0 Å². The molecule has 2 rings (SSSR count). The minimum absolute atomic E-state index is 0. The van der Waals surface area contributed by atoms with Crippen molar-refractivity contribution in [3.8, 4) is 5.75 Å². The number of carbonyl (C=O) groups excluding carboxylic acids is 3. The van der Waals surface area contributed by atoms with Gasteiger partial charge in [0.15, 0.2) is 0 Å². The van der Waals surface area contributed by atoms with E-state index in [1.165, 1.54) is 0 Å². The first-order valence-electron chi connectivity index (χ1n) is 4.41. The van der Waals surface area contributed by atoms with Gasteiger partial charge in [0.2, 0.25) is 0 Å². The van der Waals surface area contributed by atoms with Gasteiger partial charge >= 0.3 is 0 Å². The van der Waals surface area contributed by atoms with Crippen LogP contribution in [0.15, 0.2) is 42.5 Å². The molecule has 0 atom stereocenters. The molecule has 0 aliphatic rings. The predicted molar refractivity (Wildman–Crippen MR) is 67.0 cm³/mol.